The number of nitrogens with one attached hydrogen (secondary N) is 2. The molecular formula is CH5ClCsN3. The molecule has 3 nitrogen and oxygen atoms in total. The summed E-state index contributed by atoms with van der Waals surface area (Å²) in [7, 11) is 0. The van der Waals surface area contributed by atoms with Crippen molar-refractivity contribution in [2.45, 2.75) is 0 Å². The van der Waals surface area contributed by atoms with E-state index in [1.54, 1.807) is 0 Å². The zero-order chi connectivity index (χ0) is 3.58. The molecule has 0 aliphatic carbocycles. The van der Waals surface area contributed by atoms with Crippen LogP contribution in [0.1, 0.15) is 0 Å². The second kappa shape index (κ2) is 9.79. The molecular weight excluding hydrogens is 222 g/mol. The maximum atomic E-state index is 5.94. The predicted molar refractivity (Wildman–Crippen MR) is 23.5 cm³/mol. The van der Waals surface area contributed by atoms with Crippen LogP contribution in [0.4, 0.5) is 0 Å². The first-order chi connectivity index (χ1) is 1.73. The summed E-state index contributed by atoms with van der Waals surface area (Å²) in [6.45, 7) is 0. The number of hydrogen-bond donors (Lipinski definition) is 2. The average molecular weight is 227 g/mol. The van der Waals surface area contributed by atoms with Gasteiger partial charge in [-0.1, -0.05) is 0 Å². The smallest absolute Gasteiger partial charge is 0.454 e. The van der Waals surface area contributed by atoms with Gasteiger partial charge in [0.2, 0.25) is 0 Å². The molecule has 0 spiro atoms. The molecule has 0 aliphatic rings. The minimum Gasteiger partial charge on any atom is -0.454 e. The van der Waals surface area contributed by atoms with Gasteiger partial charge in [-0.05, 0) is 5.96 Å². The molecule has 0 aromatic heterocycles. The van der Waals surface area contributed by atoms with Crippen LogP contribution in [0.5, 0.6) is 0 Å². The van der Waals surface area contributed by atoms with E-state index in [1.165, 1.54) is 0 Å². The van der Waals surface area contributed by atoms with Gasteiger partial charge in [-0.25, -0.2) is 0 Å². The summed E-state index contributed by atoms with van der Waals surface area (Å²) in [6, 6.07) is 0. The minimum atomic E-state index is -0.583. The largest absolute Gasteiger partial charge is 1.00 e. The van der Waals surface area contributed by atoms with Crippen LogP contribution in [0.2, 0.25) is 0 Å². The Labute approximate surface area is 102 Å². The summed E-state index contributed by atoms with van der Waals surface area (Å²) >= 11 is 0. The van der Waals surface area contributed by atoms with E-state index in [2.05, 4.69) is 5.73 Å². The van der Waals surface area contributed by atoms with Crippen molar-refractivity contribution in [3.63, 3.8) is 0 Å². The van der Waals surface area contributed by atoms with Gasteiger partial charge in [0, 0.05) is 0 Å². The first kappa shape index (κ1) is 15.6. The van der Waals surface area contributed by atoms with Gasteiger partial charge in [0.15, 0.2) is 0 Å². The maximum Gasteiger partial charge on any atom is 1.00 e. The first-order valence-electron chi connectivity index (χ1n) is 0.789. The van der Waals surface area contributed by atoms with Gasteiger partial charge < -0.3 is 16.9 Å². The molecule has 0 heterocycles. The summed E-state index contributed by atoms with van der Waals surface area (Å²) in [5, 5.41) is 5.94. The van der Waals surface area contributed by atoms with E-state index < -0.39 is 5.96 Å². The molecule has 0 saturated carbocycles. The van der Waals surface area contributed by atoms with Gasteiger partial charge in [-0.15, -0.1) is 12.4 Å². The van der Waals surface area contributed by atoms with Gasteiger partial charge in [0.05, 0.1) is 0 Å². The van der Waals surface area contributed by atoms with Crippen molar-refractivity contribution in [1.82, 2.24) is 0 Å². The molecule has 0 aliphatic heterocycles. The van der Waals surface area contributed by atoms with Crippen LogP contribution in [-0.4, -0.2) is 5.96 Å². The third-order valence-electron chi connectivity index (χ3n) is 0. The molecule has 0 unspecified atom stereocenters. The van der Waals surface area contributed by atoms with E-state index in [0.29, 0.717) is 0 Å². The molecule has 0 saturated heterocycles. The van der Waals surface area contributed by atoms with Crippen LogP contribution in [0.3, 0.4) is 0 Å². The molecule has 6 heavy (non-hydrogen) atoms. The molecule has 32 valence electrons. The van der Waals surface area contributed by atoms with Crippen LogP contribution in [0, 0.1) is 5.41 Å². The fourth-order valence-corrected chi connectivity index (χ4v) is 0. The van der Waals surface area contributed by atoms with Crippen molar-refractivity contribution in [3.8, 4) is 0 Å². The van der Waals surface area contributed by atoms with E-state index in [-0.39, 0.29) is 81.3 Å². The van der Waals surface area contributed by atoms with Crippen molar-refractivity contribution >= 4 is 18.4 Å². The number of rotatable bonds is 0. The van der Waals surface area contributed by atoms with Crippen LogP contribution in [0.25, 0.3) is 5.73 Å². The van der Waals surface area contributed by atoms with Gasteiger partial charge >= 0.3 is 68.9 Å². The molecule has 0 fully saturated rings. The third kappa shape index (κ3) is 45.9. The standard InChI is InChI=1S/CH4N3.ClH.Cs/c2-1(3)4;;/h(H4-,2,3,4);1H;/q-1;;+1. The monoisotopic (exact) mass is 227 g/mol. The Hall–Kier alpha value is 1.61. The van der Waals surface area contributed by atoms with Gasteiger partial charge in [-0.3, -0.25) is 0 Å². The molecule has 0 rings (SSSR count). The van der Waals surface area contributed by atoms with E-state index in [1.807, 2.05) is 0 Å². The van der Waals surface area contributed by atoms with E-state index in [0.717, 1.165) is 0 Å². The fourth-order valence-electron chi connectivity index (χ4n) is 0. The van der Waals surface area contributed by atoms with Crippen molar-refractivity contribution in [3.05, 3.63) is 5.73 Å². The topological polar surface area (TPSA) is 73.7 Å². The maximum absolute atomic E-state index is 5.94. The number of nitrogens with two attached hydrogens (primary N) is 1. The van der Waals surface area contributed by atoms with E-state index in [4.69, 9.17) is 11.1 Å². The van der Waals surface area contributed by atoms with E-state index >= 15 is 0 Å². The summed E-state index contributed by atoms with van der Waals surface area (Å²) < 4.78 is 0. The molecule has 5 heteroatoms. The molecule has 0 radical (unpaired) electrons. The van der Waals surface area contributed by atoms with Crippen molar-refractivity contribution < 1.29 is 68.9 Å². The SMILES string of the molecule is Cl.N=C([NH-])N.[Cs+]. The third-order valence-corrected chi connectivity index (χ3v) is 0. The second-order valence-corrected chi connectivity index (χ2v) is 0.414. The first-order valence-corrected chi connectivity index (χ1v) is 0.789. The molecule has 4 N–H and O–H groups in total. The normalized spacial score (nSPS) is 4.00. The Morgan fingerprint density at radius 3 is 1.67 bits per heavy atom. The minimum absolute atomic E-state index is 0. The number of halogens is 1. The molecule has 0 aromatic rings. The van der Waals surface area contributed by atoms with Crippen LogP contribution < -0.4 is 74.6 Å². The van der Waals surface area contributed by atoms with Gasteiger partial charge in [0.25, 0.3) is 0 Å². The summed E-state index contributed by atoms with van der Waals surface area (Å²) in [5.41, 5.74) is 10.3. The molecule has 0 amide bonds. The van der Waals surface area contributed by atoms with Crippen LogP contribution >= 0.6 is 12.4 Å². The van der Waals surface area contributed by atoms with Crippen molar-refractivity contribution in [2.75, 3.05) is 0 Å². The number of guanidine groups is 1. The quantitative estimate of drug-likeness (QED) is 0.344. The zero-order valence-electron chi connectivity index (χ0n) is 3.49. The Balaban J connectivity index is -0.0000000450. The molecule has 0 bridgehead atoms. The molecule has 0 aromatic carbocycles. The molecule has 0 atom stereocenters. The average Bonchev–Trinajstić information content (AvgIpc) is 0.811. The second-order valence-electron chi connectivity index (χ2n) is 0.414. The zero-order valence-corrected chi connectivity index (χ0v) is 10.6. The Morgan fingerprint density at radius 2 is 1.67 bits per heavy atom. The summed E-state index contributed by atoms with van der Waals surface area (Å²) in [6.07, 6.45) is 0. The van der Waals surface area contributed by atoms with Crippen LogP contribution in [-0.2, 0) is 0 Å². The van der Waals surface area contributed by atoms with Crippen molar-refractivity contribution in [2.24, 2.45) is 5.73 Å². The van der Waals surface area contributed by atoms with Crippen LogP contribution in [0.15, 0.2) is 0 Å². The Kier molecular flexibility index (Phi) is 25.5. The predicted octanol–water partition coefficient (Wildman–Crippen LogP) is -2.64. The number of hydrogen-bond acceptors (Lipinski definition) is 1. The van der Waals surface area contributed by atoms with E-state index in [9.17, 15) is 0 Å². The van der Waals surface area contributed by atoms with Gasteiger partial charge in [0.1, 0.15) is 0 Å². The fraction of sp³-hybridized carbons (Fsp3) is 0. The Bertz CT molecular complexity index is 33.8. The summed E-state index contributed by atoms with van der Waals surface area (Å²) in [5.74, 6) is -0.583. The van der Waals surface area contributed by atoms with Gasteiger partial charge in [-0.2, -0.15) is 0 Å². The summed E-state index contributed by atoms with van der Waals surface area (Å²) in [4.78, 5) is 0. The Morgan fingerprint density at radius 1 is 1.67 bits per heavy atom. The van der Waals surface area contributed by atoms with Crippen molar-refractivity contribution in [1.29, 1.82) is 5.41 Å².